The van der Waals surface area contributed by atoms with Crippen molar-refractivity contribution >= 4 is 14.5 Å². The predicted octanol–water partition coefficient (Wildman–Crippen LogP) is 3.42. The Kier molecular flexibility index (Phi) is 5.17. The van der Waals surface area contributed by atoms with E-state index in [9.17, 15) is 4.79 Å². The third-order valence-corrected chi connectivity index (χ3v) is 8.04. The van der Waals surface area contributed by atoms with Crippen LogP contribution in [0.25, 0.3) is 0 Å². The highest BCUT2D eigenvalue weighted by Gasteiger charge is 2.40. The molecular formula is C13H24O5Si. The smallest absolute Gasteiger partial charge is 0.437 e. The Morgan fingerprint density at radius 3 is 2.58 bits per heavy atom. The zero-order valence-electron chi connectivity index (χ0n) is 12.6. The minimum absolute atomic E-state index is 0.112. The lowest BCUT2D eigenvalue weighted by molar-refractivity contribution is -0.0916. The van der Waals surface area contributed by atoms with Gasteiger partial charge in [0.25, 0.3) is 0 Å². The molecule has 1 aliphatic rings. The molecule has 1 heterocycles. The fourth-order valence-corrected chi connectivity index (χ4v) is 2.53. The van der Waals surface area contributed by atoms with E-state index >= 15 is 0 Å². The van der Waals surface area contributed by atoms with Crippen molar-refractivity contribution in [2.45, 2.75) is 51.6 Å². The summed E-state index contributed by atoms with van der Waals surface area (Å²) in [7, 11) is -0.611. The molecule has 1 atom stereocenters. The molecule has 0 saturated carbocycles. The number of carbonyl (C=O) groups is 1. The van der Waals surface area contributed by atoms with Gasteiger partial charge in [-0.25, -0.2) is 4.79 Å². The maximum absolute atomic E-state index is 11.1. The van der Waals surface area contributed by atoms with Crippen molar-refractivity contribution in [1.82, 2.24) is 0 Å². The van der Waals surface area contributed by atoms with Crippen LogP contribution in [0.4, 0.5) is 4.79 Å². The zero-order valence-corrected chi connectivity index (χ0v) is 13.6. The summed E-state index contributed by atoms with van der Waals surface area (Å²) in [5.74, 6) is 0.543. The fourth-order valence-electron chi connectivity index (χ4n) is 1.37. The largest absolute Gasteiger partial charge is 0.513 e. The number of hydrogen-bond donors (Lipinski definition) is 0. The van der Waals surface area contributed by atoms with Crippen molar-refractivity contribution in [3.63, 3.8) is 0 Å². The molecule has 0 aromatic rings. The second-order valence-corrected chi connectivity index (χ2v) is 10.8. The quantitative estimate of drug-likeness (QED) is 0.588. The molecule has 0 fully saturated rings. The van der Waals surface area contributed by atoms with Crippen molar-refractivity contribution in [2.75, 3.05) is 13.7 Å². The summed E-state index contributed by atoms with van der Waals surface area (Å²) in [4.78, 5) is 11.1. The lowest BCUT2D eigenvalue weighted by Crippen LogP contribution is -2.45. The van der Waals surface area contributed by atoms with Gasteiger partial charge in [0.2, 0.25) is 0 Å². The number of carbonyl (C=O) groups excluding carboxylic acids is 1. The van der Waals surface area contributed by atoms with Crippen LogP contribution in [-0.2, 0) is 18.6 Å². The zero-order chi connectivity index (χ0) is 14.7. The summed E-state index contributed by atoms with van der Waals surface area (Å²) in [5.41, 5.74) is 0. The summed E-state index contributed by atoms with van der Waals surface area (Å²) < 4.78 is 21.2. The average molecular weight is 288 g/mol. The Balaban J connectivity index is 2.59. The van der Waals surface area contributed by atoms with E-state index in [0.717, 1.165) is 0 Å². The van der Waals surface area contributed by atoms with Crippen molar-refractivity contribution in [3.05, 3.63) is 11.8 Å². The number of rotatable bonds is 3. The van der Waals surface area contributed by atoms with E-state index in [0.29, 0.717) is 18.8 Å². The first-order valence-electron chi connectivity index (χ1n) is 6.40. The lowest BCUT2D eigenvalue weighted by atomic mass is 10.2. The fraction of sp³-hybridized carbons (Fsp3) is 0.769. The Morgan fingerprint density at radius 2 is 2.05 bits per heavy atom. The summed E-state index contributed by atoms with van der Waals surface area (Å²) >= 11 is 0. The van der Waals surface area contributed by atoms with Gasteiger partial charge in [0.15, 0.2) is 14.6 Å². The van der Waals surface area contributed by atoms with E-state index in [4.69, 9.17) is 13.9 Å². The Morgan fingerprint density at radius 1 is 1.42 bits per heavy atom. The van der Waals surface area contributed by atoms with Gasteiger partial charge in [-0.3, -0.25) is 0 Å². The summed E-state index contributed by atoms with van der Waals surface area (Å²) in [6.45, 7) is 11.2. The van der Waals surface area contributed by atoms with Crippen LogP contribution in [0.15, 0.2) is 11.8 Å². The third kappa shape index (κ3) is 4.63. The predicted molar refractivity (Wildman–Crippen MR) is 74.2 cm³/mol. The minimum atomic E-state index is -1.89. The molecule has 0 aromatic carbocycles. The Bertz CT molecular complexity index is 357. The molecule has 0 unspecified atom stereocenters. The van der Waals surface area contributed by atoms with E-state index in [1.54, 1.807) is 6.08 Å². The van der Waals surface area contributed by atoms with Crippen LogP contribution in [0.3, 0.4) is 0 Å². The molecule has 0 radical (unpaired) electrons. The number of methoxy groups -OCH3 is 1. The molecule has 0 bridgehead atoms. The van der Waals surface area contributed by atoms with E-state index in [1.165, 1.54) is 7.11 Å². The van der Waals surface area contributed by atoms with Gasteiger partial charge in [0.05, 0.1) is 20.1 Å². The average Bonchev–Trinajstić information content (AvgIpc) is 2.27. The SMILES string of the molecule is COC(=O)OC1=CCO[C@H](O[Si](C)(C)C(C)(C)C)C1. The number of hydrogen-bond acceptors (Lipinski definition) is 5. The van der Waals surface area contributed by atoms with Crippen molar-refractivity contribution in [2.24, 2.45) is 0 Å². The second kappa shape index (κ2) is 6.07. The van der Waals surface area contributed by atoms with Crippen molar-refractivity contribution < 1.29 is 23.4 Å². The molecule has 6 heteroatoms. The standard InChI is InChI=1S/C13H24O5Si/c1-13(2,3)19(5,6)18-11-9-10(7-8-16-11)17-12(14)15-4/h7,11H,8-9H2,1-6H3/t11-/m1/s1. The van der Waals surface area contributed by atoms with Crippen LogP contribution in [-0.4, -0.2) is 34.5 Å². The summed E-state index contributed by atoms with van der Waals surface area (Å²) in [6.07, 6.45) is 1.09. The topological polar surface area (TPSA) is 54.0 Å². The van der Waals surface area contributed by atoms with Crippen molar-refractivity contribution in [1.29, 1.82) is 0 Å². The minimum Gasteiger partial charge on any atom is -0.437 e. The van der Waals surface area contributed by atoms with Gasteiger partial charge < -0.3 is 18.6 Å². The summed E-state index contributed by atoms with van der Waals surface area (Å²) in [6, 6.07) is 0. The van der Waals surface area contributed by atoms with Gasteiger partial charge in [-0.05, 0) is 24.2 Å². The van der Waals surface area contributed by atoms with Crippen LogP contribution in [0.1, 0.15) is 27.2 Å². The highest BCUT2D eigenvalue weighted by molar-refractivity contribution is 6.74. The molecule has 0 saturated heterocycles. The molecule has 0 N–H and O–H groups in total. The van der Waals surface area contributed by atoms with Gasteiger partial charge in [0.1, 0.15) is 5.76 Å². The molecule has 0 aliphatic carbocycles. The molecule has 5 nitrogen and oxygen atoms in total. The highest BCUT2D eigenvalue weighted by Crippen LogP contribution is 2.38. The first kappa shape index (κ1) is 16.2. The maximum atomic E-state index is 11.1. The molecule has 110 valence electrons. The Hall–Kier alpha value is -0.853. The monoisotopic (exact) mass is 288 g/mol. The normalized spacial score (nSPS) is 20.7. The lowest BCUT2D eigenvalue weighted by Gasteiger charge is -2.39. The molecule has 0 spiro atoms. The molecule has 0 amide bonds. The first-order valence-corrected chi connectivity index (χ1v) is 9.31. The van der Waals surface area contributed by atoms with E-state index in [1.807, 2.05) is 0 Å². The van der Waals surface area contributed by atoms with Crippen LogP contribution >= 0.6 is 0 Å². The maximum Gasteiger partial charge on any atom is 0.513 e. The van der Waals surface area contributed by atoms with Gasteiger partial charge in [-0.1, -0.05) is 20.8 Å². The van der Waals surface area contributed by atoms with E-state index in [-0.39, 0.29) is 11.3 Å². The van der Waals surface area contributed by atoms with Crippen LogP contribution in [0.2, 0.25) is 18.1 Å². The van der Waals surface area contributed by atoms with Gasteiger partial charge in [-0.15, -0.1) is 0 Å². The molecule has 1 rings (SSSR count). The van der Waals surface area contributed by atoms with E-state index in [2.05, 4.69) is 38.6 Å². The summed E-state index contributed by atoms with van der Waals surface area (Å²) in [5, 5.41) is 0.112. The molecular weight excluding hydrogens is 264 g/mol. The first-order chi connectivity index (χ1) is 8.65. The van der Waals surface area contributed by atoms with Crippen LogP contribution in [0.5, 0.6) is 0 Å². The number of ether oxygens (including phenoxy) is 3. The second-order valence-electron chi connectivity index (χ2n) is 6.07. The molecule has 0 aromatic heterocycles. The Labute approximate surface area is 116 Å². The van der Waals surface area contributed by atoms with Gasteiger partial charge >= 0.3 is 6.16 Å². The van der Waals surface area contributed by atoms with Crippen LogP contribution in [0, 0.1) is 0 Å². The van der Waals surface area contributed by atoms with Gasteiger partial charge in [-0.2, -0.15) is 0 Å². The van der Waals surface area contributed by atoms with Crippen molar-refractivity contribution in [3.8, 4) is 0 Å². The van der Waals surface area contributed by atoms with E-state index < -0.39 is 14.5 Å². The third-order valence-electron chi connectivity index (χ3n) is 3.57. The van der Waals surface area contributed by atoms with Gasteiger partial charge in [0, 0.05) is 0 Å². The van der Waals surface area contributed by atoms with Crippen LogP contribution < -0.4 is 0 Å². The highest BCUT2D eigenvalue weighted by atomic mass is 28.4. The molecule has 1 aliphatic heterocycles. The molecule has 19 heavy (non-hydrogen) atoms.